The number of sulfonamides is 1. The van der Waals surface area contributed by atoms with Crippen molar-refractivity contribution >= 4 is 38.1 Å². The van der Waals surface area contributed by atoms with Gasteiger partial charge in [-0.15, -0.1) is 11.3 Å². The quantitative estimate of drug-likeness (QED) is 0.580. The monoisotopic (exact) mass is 446 g/mol. The summed E-state index contributed by atoms with van der Waals surface area (Å²) in [5.74, 6) is -0.183. The Morgan fingerprint density at radius 2 is 1.93 bits per heavy atom. The van der Waals surface area contributed by atoms with Gasteiger partial charge in [-0.3, -0.25) is 14.5 Å². The zero-order chi connectivity index (χ0) is 22.1. The molecule has 0 N–H and O–H groups in total. The molecule has 2 heterocycles. The smallest absolute Gasteiger partial charge is 0.250 e. The zero-order valence-electron chi connectivity index (χ0n) is 17.1. The van der Waals surface area contributed by atoms with E-state index in [1.54, 1.807) is 5.38 Å². The van der Waals surface area contributed by atoms with E-state index in [1.807, 2.05) is 31.2 Å². The fraction of sp³-hybridized carbons (Fsp3) is 0.250. The Labute approximate surface area is 179 Å². The topological polar surface area (TPSA) is 92.6 Å². The molecule has 30 heavy (non-hydrogen) atoms. The van der Waals surface area contributed by atoms with E-state index in [1.165, 1.54) is 60.2 Å². The summed E-state index contributed by atoms with van der Waals surface area (Å²) in [6, 6.07) is 10.0. The number of carbonyl (C=O) groups excluding carboxylic acids is 1. The predicted molar refractivity (Wildman–Crippen MR) is 117 cm³/mol. The summed E-state index contributed by atoms with van der Waals surface area (Å²) in [6.07, 6.45) is 1.31. The second kappa shape index (κ2) is 8.50. The number of amides is 1. The number of anilines is 2. The van der Waals surface area contributed by atoms with Gasteiger partial charge in [-0.25, -0.2) is 17.7 Å². The highest BCUT2D eigenvalue weighted by molar-refractivity contribution is 7.89. The molecule has 0 saturated carbocycles. The number of hydrogen-bond acceptors (Lipinski definition) is 6. The van der Waals surface area contributed by atoms with Crippen LogP contribution in [0.1, 0.15) is 18.2 Å². The number of carbonyl (C=O) groups is 1. The van der Waals surface area contributed by atoms with Gasteiger partial charge >= 0.3 is 0 Å². The largest absolute Gasteiger partial charge is 0.308 e. The van der Waals surface area contributed by atoms with Crippen LogP contribution in [0.3, 0.4) is 0 Å². The number of aromatic nitrogens is 2. The molecule has 3 aromatic rings. The highest BCUT2D eigenvalue weighted by Crippen LogP contribution is 2.29. The number of benzene rings is 1. The number of nitrogens with zero attached hydrogens (tertiary/aromatic N) is 4. The molecule has 0 atom stereocenters. The van der Waals surface area contributed by atoms with Crippen molar-refractivity contribution < 1.29 is 13.2 Å². The second-order valence-corrected chi connectivity index (χ2v) is 9.92. The van der Waals surface area contributed by atoms with Crippen LogP contribution in [0.2, 0.25) is 0 Å². The van der Waals surface area contributed by atoms with Crippen molar-refractivity contribution in [2.45, 2.75) is 25.3 Å². The molecule has 0 bridgehead atoms. The fourth-order valence-electron chi connectivity index (χ4n) is 2.84. The fourth-order valence-corrected chi connectivity index (χ4v) is 4.64. The van der Waals surface area contributed by atoms with Crippen LogP contribution >= 0.6 is 11.3 Å². The minimum absolute atomic E-state index is 0.0210. The molecule has 0 unspecified atom stereocenters. The highest BCUT2D eigenvalue weighted by Gasteiger charge is 2.20. The normalized spacial score (nSPS) is 11.6. The van der Waals surface area contributed by atoms with E-state index in [0.29, 0.717) is 16.5 Å². The summed E-state index contributed by atoms with van der Waals surface area (Å²) in [5, 5.41) is 2.23. The van der Waals surface area contributed by atoms with E-state index in [2.05, 4.69) is 4.98 Å². The first kappa shape index (κ1) is 21.9. The van der Waals surface area contributed by atoms with Crippen LogP contribution in [0.15, 0.2) is 57.7 Å². The van der Waals surface area contributed by atoms with Gasteiger partial charge < -0.3 is 4.57 Å². The zero-order valence-corrected chi connectivity index (χ0v) is 18.7. The van der Waals surface area contributed by atoms with Crippen LogP contribution in [0.5, 0.6) is 0 Å². The SMILES string of the molecule is CC(=O)N(c1cccc(C)c1)c1nc(Cn2cc(S(=O)(=O)N(C)C)ccc2=O)cs1. The van der Waals surface area contributed by atoms with Crippen molar-refractivity contribution in [3.63, 3.8) is 0 Å². The Kier molecular flexibility index (Phi) is 6.20. The molecule has 10 heteroatoms. The number of rotatable bonds is 6. The predicted octanol–water partition coefficient (Wildman–Crippen LogP) is 2.60. The molecule has 0 saturated heterocycles. The molecular formula is C20H22N4O4S2. The minimum atomic E-state index is -3.67. The lowest BCUT2D eigenvalue weighted by atomic mass is 10.2. The lowest BCUT2D eigenvalue weighted by Crippen LogP contribution is -2.26. The van der Waals surface area contributed by atoms with Gasteiger partial charge in [0, 0.05) is 38.7 Å². The summed E-state index contributed by atoms with van der Waals surface area (Å²) in [5.41, 5.74) is 1.93. The highest BCUT2D eigenvalue weighted by atomic mass is 32.2. The van der Waals surface area contributed by atoms with Gasteiger partial charge in [-0.05, 0) is 30.7 Å². The molecule has 1 aromatic carbocycles. The van der Waals surface area contributed by atoms with Crippen LogP contribution in [-0.4, -0.2) is 42.3 Å². The van der Waals surface area contributed by atoms with E-state index in [0.717, 1.165) is 9.87 Å². The molecule has 0 fully saturated rings. The number of hydrogen-bond donors (Lipinski definition) is 0. The van der Waals surface area contributed by atoms with Gasteiger partial charge in [0.05, 0.1) is 22.8 Å². The lowest BCUT2D eigenvalue weighted by Gasteiger charge is -2.18. The van der Waals surface area contributed by atoms with E-state index >= 15 is 0 Å². The maximum absolute atomic E-state index is 12.4. The molecule has 0 radical (unpaired) electrons. The molecule has 0 aliphatic carbocycles. The van der Waals surface area contributed by atoms with Crippen LogP contribution in [0.25, 0.3) is 0 Å². The average molecular weight is 447 g/mol. The lowest BCUT2D eigenvalue weighted by molar-refractivity contribution is -0.115. The van der Waals surface area contributed by atoms with Crippen molar-refractivity contribution in [2.75, 3.05) is 19.0 Å². The van der Waals surface area contributed by atoms with Gasteiger partial charge in [-0.1, -0.05) is 12.1 Å². The summed E-state index contributed by atoms with van der Waals surface area (Å²) >= 11 is 1.28. The summed E-state index contributed by atoms with van der Waals surface area (Å²) in [6.45, 7) is 3.49. The molecule has 158 valence electrons. The molecule has 3 rings (SSSR count). The van der Waals surface area contributed by atoms with Crippen molar-refractivity contribution in [3.05, 3.63) is 69.6 Å². The summed E-state index contributed by atoms with van der Waals surface area (Å²) in [7, 11) is -0.806. The Hall–Kier alpha value is -2.82. The molecule has 0 spiro atoms. The maximum atomic E-state index is 12.4. The van der Waals surface area contributed by atoms with Crippen molar-refractivity contribution in [3.8, 4) is 0 Å². The van der Waals surface area contributed by atoms with Gasteiger partial charge in [-0.2, -0.15) is 0 Å². The van der Waals surface area contributed by atoms with Crippen LogP contribution in [0, 0.1) is 6.92 Å². The molecular weight excluding hydrogens is 424 g/mol. The van der Waals surface area contributed by atoms with Crippen LogP contribution in [-0.2, 0) is 21.4 Å². The Bertz CT molecular complexity index is 1250. The van der Waals surface area contributed by atoms with E-state index < -0.39 is 10.0 Å². The molecule has 8 nitrogen and oxygen atoms in total. The van der Waals surface area contributed by atoms with Gasteiger partial charge in [0.25, 0.3) is 5.56 Å². The van der Waals surface area contributed by atoms with E-state index in [-0.39, 0.29) is 22.9 Å². The van der Waals surface area contributed by atoms with Crippen molar-refractivity contribution in [1.82, 2.24) is 13.9 Å². The standard InChI is InChI=1S/C20H22N4O4S2/c1-14-6-5-7-17(10-14)24(15(2)25)20-21-16(13-29-20)11-23-12-18(8-9-19(23)26)30(27,28)22(3)4/h5-10,12-13H,11H2,1-4H3. The first-order chi connectivity index (χ1) is 14.1. The number of aryl methyl sites for hydroxylation is 1. The van der Waals surface area contributed by atoms with Gasteiger partial charge in [0.2, 0.25) is 15.9 Å². The first-order valence-corrected chi connectivity index (χ1v) is 11.4. The van der Waals surface area contributed by atoms with Gasteiger partial charge in [0.1, 0.15) is 0 Å². The van der Waals surface area contributed by atoms with E-state index in [4.69, 9.17) is 0 Å². The first-order valence-electron chi connectivity index (χ1n) is 9.04. The maximum Gasteiger partial charge on any atom is 0.250 e. The van der Waals surface area contributed by atoms with Crippen molar-refractivity contribution in [1.29, 1.82) is 0 Å². The summed E-state index contributed by atoms with van der Waals surface area (Å²) in [4.78, 5) is 30.5. The molecule has 0 aliphatic rings. The third kappa shape index (κ3) is 4.50. The Morgan fingerprint density at radius 1 is 1.20 bits per heavy atom. The van der Waals surface area contributed by atoms with Crippen molar-refractivity contribution in [2.24, 2.45) is 0 Å². The Balaban J connectivity index is 1.94. The van der Waals surface area contributed by atoms with Crippen LogP contribution in [0.4, 0.5) is 10.8 Å². The minimum Gasteiger partial charge on any atom is -0.308 e. The average Bonchev–Trinajstić information content (AvgIpc) is 3.11. The summed E-state index contributed by atoms with van der Waals surface area (Å²) < 4.78 is 27.1. The molecule has 2 aromatic heterocycles. The van der Waals surface area contributed by atoms with E-state index in [9.17, 15) is 18.0 Å². The second-order valence-electron chi connectivity index (χ2n) is 6.93. The number of pyridine rings is 1. The van der Waals surface area contributed by atoms with Gasteiger partial charge in [0.15, 0.2) is 5.13 Å². The number of thiazole rings is 1. The molecule has 1 amide bonds. The molecule has 0 aliphatic heterocycles. The Morgan fingerprint density at radius 3 is 2.57 bits per heavy atom. The van der Waals surface area contributed by atoms with Crippen LogP contribution < -0.4 is 10.5 Å². The third-order valence-electron chi connectivity index (χ3n) is 4.37. The third-order valence-corrected chi connectivity index (χ3v) is 7.05.